The Morgan fingerprint density at radius 2 is 2.08 bits per heavy atom. The lowest BCUT2D eigenvalue weighted by atomic mass is 9.99. The first kappa shape index (κ1) is 16.1. The number of H-pyrrole nitrogens is 1. The minimum Gasteiger partial charge on any atom is -0.373 e. The second-order valence-corrected chi connectivity index (χ2v) is 7.03. The standard InChI is InChI=1S/C19H24N4O2/c1-12-10-15-17(13(2)25-12)20-21-18(15)19(24)23-9-8-22(3)16-7-5-4-6-14(16)11-23/h4-7,12-13H,8-11H2,1-3H3,(H,20,21)/t12-,13+/m1/s1. The van der Waals surface area contributed by atoms with Gasteiger partial charge in [-0.05, 0) is 25.5 Å². The van der Waals surface area contributed by atoms with Crippen molar-refractivity contribution in [1.29, 1.82) is 0 Å². The SMILES string of the molecule is C[C@@H]1Cc2c(C(=O)N3CCN(C)c4ccccc4C3)n[nH]c2[C@H](C)O1. The molecule has 2 aromatic rings. The van der Waals surface area contributed by atoms with Crippen molar-refractivity contribution in [1.82, 2.24) is 15.1 Å². The van der Waals surface area contributed by atoms with Gasteiger partial charge in [0, 0.05) is 44.4 Å². The molecule has 2 aliphatic rings. The highest BCUT2D eigenvalue weighted by Gasteiger charge is 2.32. The molecule has 132 valence electrons. The molecular weight excluding hydrogens is 316 g/mol. The van der Waals surface area contributed by atoms with Crippen LogP contribution >= 0.6 is 0 Å². The van der Waals surface area contributed by atoms with Crippen LogP contribution in [-0.2, 0) is 17.7 Å². The van der Waals surface area contributed by atoms with Gasteiger partial charge in [-0.3, -0.25) is 9.89 Å². The number of ether oxygens (including phenoxy) is 1. The number of likely N-dealkylation sites (N-methyl/N-ethyl adjacent to an activating group) is 1. The monoisotopic (exact) mass is 340 g/mol. The van der Waals surface area contributed by atoms with Crippen LogP contribution < -0.4 is 4.90 Å². The van der Waals surface area contributed by atoms with Gasteiger partial charge in [0.15, 0.2) is 5.69 Å². The van der Waals surface area contributed by atoms with Gasteiger partial charge in [-0.1, -0.05) is 18.2 Å². The van der Waals surface area contributed by atoms with Crippen LogP contribution in [0.3, 0.4) is 0 Å². The van der Waals surface area contributed by atoms with Crippen LogP contribution in [0.2, 0.25) is 0 Å². The van der Waals surface area contributed by atoms with E-state index >= 15 is 0 Å². The molecule has 0 fully saturated rings. The third-order valence-electron chi connectivity index (χ3n) is 5.19. The first-order valence-electron chi connectivity index (χ1n) is 8.85. The topological polar surface area (TPSA) is 61.5 Å². The predicted molar refractivity (Wildman–Crippen MR) is 95.7 cm³/mol. The normalized spacial score (nSPS) is 23.0. The van der Waals surface area contributed by atoms with Crippen molar-refractivity contribution in [2.45, 2.75) is 39.0 Å². The van der Waals surface area contributed by atoms with Crippen LogP contribution in [0.4, 0.5) is 5.69 Å². The zero-order valence-electron chi connectivity index (χ0n) is 15.0. The molecule has 3 heterocycles. The quantitative estimate of drug-likeness (QED) is 0.866. The minimum absolute atomic E-state index is 0.00361. The van der Waals surface area contributed by atoms with Crippen molar-refractivity contribution < 1.29 is 9.53 Å². The number of nitrogens with zero attached hydrogens (tertiary/aromatic N) is 3. The maximum Gasteiger partial charge on any atom is 0.275 e. The number of anilines is 1. The third kappa shape index (κ3) is 2.80. The van der Waals surface area contributed by atoms with Crippen molar-refractivity contribution in [3.63, 3.8) is 0 Å². The Balaban J connectivity index is 1.64. The molecule has 1 aromatic carbocycles. The summed E-state index contributed by atoms with van der Waals surface area (Å²) >= 11 is 0. The Morgan fingerprint density at radius 3 is 2.92 bits per heavy atom. The number of amides is 1. The molecule has 6 heteroatoms. The van der Waals surface area contributed by atoms with E-state index in [9.17, 15) is 4.79 Å². The number of nitrogens with one attached hydrogen (secondary N) is 1. The lowest BCUT2D eigenvalue weighted by Gasteiger charge is -2.26. The number of fused-ring (bicyclic) bond motifs is 2. The molecule has 4 rings (SSSR count). The second kappa shape index (κ2) is 6.19. The first-order chi connectivity index (χ1) is 12.0. The fourth-order valence-corrected chi connectivity index (χ4v) is 3.87. The summed E-state index contributed by atoms with van der Waals surface area (Å²) in [5, 5.41) is 7.38. The largest absolute Gasteiger partial charge is 0.373 e. The molecule has 6 nitrogen and oxygen atoms in total. The fourth-order valence-electron chi connectivity index (χ4n) is 3.87. The average molecular weight is 340 g/mol. The van der Waals surface area contributed by atoms with Gasteiger partial charge >= 0.3 is 0 Å². The molecule has 0 spiro atoms. The number of hydrogen-bond acceptors (Lipinski definition) is 4. The molecule has 2 atom stereocenters. The molecular formula is C19H24N4O2. The number of carbonyl (C=O) groups is 1. The first-order valence-corrected chi connectivity index (χ1v) is 8.85. The van der Waals surface area contributed by atoms with Gasteiger partial charge in [0.05, 0.1) is 17.9 Å². The molecule has 0 unspecified atom stereocenters. The van der Waals surface area contributed by atoms with E-state index in [1.54, 1.807) is 0 Å². The molecule has 0 saturated carbocycles. The molecule has 2 aliphatic heterocycles. The van der Waals surface area contributed by atoms with Gasteiger partial charge in [-0.25, -0.2) is 0 Å². The third-order valence-corrected chi connectivity index (χ3v) is 5.19. The highest BCUT2D eigenvalue weighted by Crippen LogP contribution is 2.31. The molecule has 1 amide bonds. The highest BCUT2D eigenvalue weighted by molar-refractivity contribution is 5.94. The highest BCUT2D eigenvalue weighted by atomic mass is 16.5. The van der Waals surface area contributed by atoms with Crippen LogP contribution in [-0.4, -0.2) is 47.2 Å². The maximum atomic E-state index is 13.2. The molecule has 0 aliphatic carbocycles. The number of aromatic amines is 1. The van der Waals surface area contributed by atoms with Gasteiger partial charge in [0.1, 0.15) is 0 Å². The van der Waals surface area contributed by atoms with E-state index < -0.39 is 0 Å². The van der Waals surface area contributed by atoms with E-state index in [0.717, 1.165) is 24.2 Å². The van der Waals surface area contributed by atoms with Crippen LogP contribution in [0, 0.1) is 0 Å². The predicted octanol–water partition coefficient (Wildman–Crippen LogP) is 2.52. The number of para-hydroxylation sites is 1. The van der Waals surface area contributed by atoms with E-state index in [1.165, 1.54) is 11.3 Å². The van der Waals surface area contributed by atoms with Crippen LogP contribution in [0.15, 0.2) is 24.3 Å². The average Bonchev–Trinajstić information content (AvgIpc) is 2.94. The number of aromatic nitrogens is 2. The van der Waals surface area contributed by atoms with Crippen molar-refractivity contribution in [3.05, 3.63) is 46.8 Å². The number of carbonyl (C=O) groups excluding carboxylic acids is 1. The number of rotatable bonds is 1. The van der Waals surface area contributed by atoms with Gasteiger partial charge in [-0.15, -0.1) is 0 Å². The van der Waals surface area contributed by atoms with Crippen molar-refractivity contribution in [3.8, 4) is 0 Å². The van der Waals surface area contributed by atoms with Crippen LogP contribution in [0.1, 0.15) is 47.3 Å². The van der Waals surface area contributed by atoms with E-state index in [2.05, 4.69) is 34.3 Å². The van der Waals surface area contributed by atoms with E-state index in [4.69, 9.17) is 4.74 Å². The second-order valence-electron chi connectivity index (χ2n) is 7.03. The summed E-state index contributed by atoms with van der Waals surface area (Å²) in [4.78, 5) is 17.3. The van der Waals surface area contributed by atoms with E-state index in [-0.39, 0.29) is 18.1 Å². The van der Waals surface area contributed by atoms with Crippen LogP contribution in [0.5, 0.6) is 0 Å². The Hall–Kier alpha value is -2.34. The van der Waals surface area contributed by atoms with Crippen molar-refractivity contribution in [2.24, 2.45) is 0 Å². The molecule has 1 aromatic heterocycles. The van der Waals surface area contributed by atoms with Gasteiger partial charge < -0.3 is 14.5 Å². The zero-order chi connectivity index (χ0) is 17.6. The molecule has 0 radical (unpaired) electrons. The molecule has 1 N–H and O–H groups in total. The molecule has 25 heavy (non-hydrogen) atoms. The van der Waals surface area contributed by atoms with Gasteiger partial charge in [0.2, 0.25) is 0 Å². The summed E-state index contributed by atoms with van der Waals surface area (Å²) in [6, 6.07) is 8.27. The summed E-state index contributed by atoms with van der Waals surface area (Å²) in [6.07, 6.45) is 0.771. The minimum atomic E-state index is -0.0520. The number of benzene rings is 1. The Morgan fingerprint density at radius 1 is 1.28 bits per heavy atom. The lowest BCUT2D eigenvalue weighted by Crippen LogP contribution is -2.35. The summed E-state index contributed by atoms with van der Waals surface area (Å²) in [6.45, 7) is 6.15. The zero-order valence-corrected chi connectivity index (χ0v) is 15.0. The lowest BCUT2D eigenvalue weighted by molar-refractivity contribution is -0.00702. The summed E-state index contributed by atoms with van der Waals surface area (Å²) < 4.78 is 5.83. The fraction of sp³-hybridized carbons (Fsp3) is 0.474. The van der Waals surface area contributed by atoms with E-state index in [1.807, 2.05) is 30.9 Å². The van der Waals surface area contributed by atoms with Crippen molar-refractivity contribution >= 4 is 11.6 Å². The smallest absolute Gasteiger partial charge is 0.275 e. The maximum absolute atomic E-state index is 13.2. The number of hydrogen-bond donors (Lipinski definition) is 1. The van der Waals surface area contributed by atoms with Gasteiger partial charge in [0.25, 0.3) is 5.91 Å². The van der Waals surface area contributed by atoms with Crippen LogP contribution in [0.25, 0.3) is 0 Å². The van der Waals surface area contributed by atoms with Crippen molar-refractivity contribution in [2.75, 3.05) is 25.0 Å². The Bertz CT molecular complexity index is 800. The van der Waals surface area contributed by atoms with Gasteiger partial charge in [-0.2, -0.15) is 5.10 Å². The Kier molecular flexibility index (Phi) is 4.00. The summed E-state index contributed by atoms with van der Waals surface area (Å²) in [5.74, 6) is 0.00361. The molecule has 0 saturated heterocycles. The molecule has 0 bridgehead atoms. The summed E-state index contributed by atoms with van der Waals surface area (Å²) in [5.41, 5.74) is 4.87. The Labute approximate surface area is 147 Å². The van der Waals surface area contributed by atoms with E-state index in [0.29, 0.717) is 18.8 Å². The summed E-state index contributed by atoms with van der Waals surface area (Å²) in [7, 11) is 2.07.